The molecule has 2 heterocycles. The standard InChI is InChI=1S/C20H20N2O2S/c1-20(2,3)14-9-10-17-16(12-14)19(22-25(17,23)24)15-8-4-6-13-7-5-11-21-18(13)15/h4-12,19,22H,1-3H3. The Labute approximate surface area is 148 Å². The van der Waals surface area contributed by atoms with E-state index in [2.05, 4.69) is 30.5 Å². The molecular weight excluding hydrogens is 332 g/mol. The Morgan fingerprint density at radius 1 is 1.00 bits per heavy atom. The first-order valence-corrected chi connectivity index (χ1v) is 9.76. The van der Waals surface area contributed by atoms with Gasteiger partial charge in [-0.25, -0.2) is 8.42 Å². The number of sulfonamides is 1. The third-order valence-corrected chi connectivity index (χ3v) is 6.22. The van der Waals surface area contributed by atoms with Gasteiger partial charge in [-0.1, -0.05) is 57.2 Å². The molecule has 4 nitrogen and oxygen atoms in total. The van der Waals surface area contributed by atoms with Gasteiger partial charge in [-0.3, -0.25) is 4.98 Å². The first-order valence-electron chi connectivity index (χ1n) is 8.28. The fourth-order valence-corrected chi connectivity index (χ4v) is 4.78. The van der Waals surface area contributed by atoms with Crippen molar-refractivity contribution in [3.63, 3.8) is 0 Å². The number of hydrogen-bond acceptors (Lipinski definition) is 3. The molecule has 2 aromatic carbocycles. The second-order valence-electron chi connectivity index (χ2n) is 7.48. The first kappa shape index (κ1) is 16.2. The normalized spacial score (nSPS) is 19.1. The van der Waals surface area contributed by atoms with Crippen molar-refractivity contribution in [1.29, 1.82) is 0 Å². The van der Waals surface area contributed by atoms with Crippen LogP contribution in [-0.4, -0.2) is 13.4 Å². The lowest BCUT2D eigenvalue weighted by Gasteiger charge is -2.21. The number of rotatable bonds is 1. The summed E-state index contributed by atoms with van der Waals surface area (Å²) in [6.45, 7) is 6.38. The second-order valence-corrected chi connectivity index (χ2v) is 9.16. The monoisotopic (exact) mass is 352 g/mol. The predicted molar refractivity (Wildman–Crippen MR) is 99.0 cm³/mol. The lowest BCUT2D eigenvalue weighted by molar-refractivity contribution is 0.585. The smallest absolute Gasteiger partial charge is 0.241 e. The molecule has 0 spiro atoms. The van der Waals surface area contributed by atoms with Crippen molar-refractivity contribution < 1.29 is 8.42 Å². The summed E-state index contributed by atoms with van der Waals surface area (Å²) >= 11 is 0. The van der Waals surface area contributed by atoms with Crippen LogP contribution in [-0.2, 0) is 15.4 Å². The summed E-state index contributed by atoms with van der Waals surface area (Å²) in [6, 6.07) is 15.0. The highest BCUT2D eigenvalue weighted by molar-refractivity contribution is 7.89. The number of pyridine rings is 1. The molecule has 25 heavy (non-hydrogen) atoms. The van der Waals surface area contributed by atoms with Crippen molar-refractivity contribution in [3.8, 4) is 0 Å². The highest BCUT2D eigenvalue weighted by Crippen LogP contribution is 2.39. The highest BCUT2D eigenvalue weighted by Gasteiger charge is 2.36. The molecule has 1 aliphatic rings. The van der Waals surface area contributed by atoms with Crippen LogP contribution in [0, 0.1) is 0 Å². The van der Waals surface area contributed by atoms with Gasteiger partial charge >= 0.3 is 0 Å². The van der Waals surface area contributed by atoms with E-state index in [1.807, 2.05) is 42.5 Å². The van der Waals surface area contributed by atoms with E-state index in [-0.39, 0.29) is 5.41 Å². The Bertz CT molecular complexity index is 1080. The van der Waals surface area contributed by atoms with E-state index in [9.17, 15) is 8.42 Å². The molecule has 0 amide bonds. The minimum Gasteiger partial charge on any atom is -0.256 e. The number of benzene rings is 2. The van der Waals surface area contributed by atoms with Gasteiger partial charge in [-0.2, -0.15) is 4.72 Å². The van der Waals surface area contributed by atoms with Crippen LogP contribution in [0.5, 0.6) is 0 Å². The predicted octanol–water partition coefficient (Wildman–Crippen LogP) is 3.91. The molecule has 1 aliphatic heterocycles. The van der Waals surface area contributed by atoms with E-state index in [4.69, 9.17) is 0 Å². The quantitative estimate of drug-likeness (QED) is 0.722. The van der Waals surface area contributed by atoms with Gasteiger partial charge in [0.1, 0.15) is 0 Å². The topological polar surface area (TPSA) is 59.1 Å². The van der Waals surface area contributed by atoms with Crippen molar-refractivity contribution in [1.82, 2.24) is 9.71 Å². The third kappa shape index (κ3) is 2.64. The van der Waals surface area contributed by atoms with E-state index < -0.39 is 16.1 Å². The lowest BCUT2D eigenvalue weighted by Crippen LogP contribution is -2.21. The maximum atomic E-state index is 12.6. The number of para-hydroxylation sites is 1. The summed E-state index contributed by atoms with van der Waals surface area (Å²) in [5.41, 5.74) is 3.57. The highest BCUT2D eigenvalue weighted by atomic mass is 32.2. The van der Waals surface area contributed by atoms with Gasteiger partial charge in [0.25, 0.3) is 0 Å². The van der Waals surface area contributed by atoms with Crippen LogP contribution in [0.2, 0.25) is 0 Å². The van der Waals surface area contributed by atoms with Crippen molar-refractivity contribution in [2.45, 2.75) is 37.1 Å². The minimum absolute atomic E-state index is 0.0526. The molecule has 4 rings (SSSR count). The molecule has 0 radical (unpaired) electrons. The number of aromatic nitrogens is 1. The Balaban J connectivity index is 1.97. The Kier molecular flexibility index (Phi) is 3.49. The summed E-state index contributed by atoms with van der Waals surface area (Å²) in [5, 5.41) is 1.000. The Morgan fingerprint density at radius 3 is 2.52 bits per heavy atom. The average Bonchev–Trinajstić information content (AvgIpc) is 2.84. The van der Waals surface area contributed by atoms with Gasteiger partial charge < -0.3 is 0 Å². The van der Waals surface area contributed by atoms with Crippen LogP contribution < -0.4 is 4.72 Å². The molecule has 1 atom stereocenters. The number of nitrogens with zero attached hydrogens (tertiary/aromatic N) is 1. The molecule has 0 saturated heterocycles. The van der Waals surface area contributed by atoms with Gasteiger partial charge in [0, 0.05) is 17.1 Å². The Hall–Kier alpha value is -2.24. The van der Waals surface area contributed by atoms with Crippen LogP contribution in [0.3, 0.4) is 0 Å². The second kappa shape index (κ2) is 5.38. The zero-order valence-electron chi connectivity index (χ0n) is 14.4. The van der Waals surface area contributed by atoms with E-state index in [1.54, 1.807) is 12.3 Å². The van der Waals surface area contributed by atoms with Crippen LogP contribution in [0.15, 0.2) is 59.6 Å². The summed E-state index contributed by atoms with van der Waals surface area (Å²) < 4.78 is 28.0. The fourth-order valence-electron chi connectivity index (χ4n) is 3.36. The van der Waals surface area contributed by atoms with Crippen LogP contribution in [0.4, 0.5) is 0 Å². The molecule has 0 aliphatic carbocycles. The maximum absolute atomic E-state index is 12.6. The molecule has 1 aromatic heterocycles. The van der Waals surface area contributed by atoms with Crippen molar-refractivity contribution in [2.24, 2.45) is 0 Å². The zero-order chi connectivity index (χ0) is 17.8. The number of fused-ring (bicyclic) bond motifs is 2. The van der Waals surface area contributed by atoms with Crippen molar-refractivity contribution in [2.75, 3.05) is 0 Å². The third-order valence-electron chi connectivity index (χ3n) is 4.72. The number of nitrogens with one attached hydrogen (secondary N) is 1. The largest absolute Gasteiger partial charge is 0.256 e. The van der Waals surface area contributed by atoms with E-state index >= 15 is 0 Å². The molecule has 128 valence electrons. The van der Waals surface area contributed by atoms with Gasteiger partial charge in [0.2, 0.25) is 10.0 Å². The summed E-state index contributed by atoms with van der Waals surface area (Å²) in [7, 11) is -3.51. The van der Waals surface area contributed by atoms with Crippen LogP contribution >= 0.6 is 0 Å². The molecule has 0 bridgehead atoms. The maximum Gasteiger partial charge on any atom is 0.241 e. The minimum atomic E-state index is -3.51. The SMILES string of the molecule is CC(C)(C)c1ccc2c(c1)C(c1cccc3cccnc13)NS2(=O)=O. The molecule has 0 saturated carbocycles. The molecule has 0 fully saturated rings. The van der Waals surface area contributed by atoms with E-state index in [0.717, 1.165) is 27.6 Å². The Morgan fingerprint density at radius 2 is 1.76 bits per heavy atom. The van der Waals surface area contributed by atoms with Gasteiger partial charge in [-0.05, 0) is 28.7 Å². The lowest BCUT2D eigenvalue weighted by atomic mass is 9.84. The molecule has 5 heteroatoms. The average molecular weight is 352 g/mol. The molecule has 1 N–H and O–H groups in total. The number of hydrogen-bond donors (Lipinski definition) is 1. The van der Waals surface area contributed by atoms with Gasteiger partial charge in [0.05, 0.1) is 16.5 Å². The summed E-state index contributed by atoms with van der Waals surface area (Å²) in [6.07, 6.45) is 1.74. The summed E-state index contributed by atoms with van der Waals surface area (Å²) in [5.74, 6) is 0. The van der Waals surface area contributed by atoms with Gasteiger partial charge in [0.15, 0.2) is 0 Å². The first-order chi connectivity index (χ1) is 11.8. The van der Waals surface area contributed by atoms with Crippen LogP contribution in [0.25, 0.3) is 10.9 Å². The zero-order valence-corrected chi connectivity index (χ0v) is 15.3. The van der Waals surface area contributed by atoms with Crippen LogP contribution in [0.1, 0.15) is 43.5 Å². The fraction of sp³-hybridized carbons (Fsp3) is 0.250. The molecular formula is C20H20N2O2S. The molecule has 3 aromatic rings. The van der Waals surface area contributed by atoms with Crippen molar-refractivity contribution in [3.05, 3.63) is 71.4 Å². The molecule has 1 unspecified atom stereocenters. The van der Waals surface area contributed by atoms with Gasteiger partial charge in [-0.15, -0.1) is 0 Å². The van der Waals surface area contributed by atoms with E-state index in [1.165, 1.54) is 0 Å². The summed E-state index contributed by atoms with van der Waals surface area (Å²) in [4.78, 5) is 4.84. The van der Waals surface area contributed by atoms with Crippen molar-refractivity contribution >= 4 is 20.9 Å². The van der Waals surface area contributed by atoms with E-state index in [0.29, 0.717) is 4.90 Å².